The number of aromatic amines is 1. The molecule has 0 amide bonds. The van der Waals surface area contributed by atoms with Gasteiger partial charge in [0.05, 0.1) is 6.21 Å². The number of rotatable bonds is 4. The molecule has 0 fully saturated rings. The summed E-state index contributed by atoms with van der Waals surface area (Å²) in [5.74, 6) is 0. The van der Waals surface area contributed by atoms with Crippen LogP contribution in [0, 0.1) is 0 Å². The third-order valence-electron chi connectivity index (χ3n) is 2.13. The molecule has 3 nitrogen and oxygen atoms in total. The molecule has 4 heteroatoms. The van der Waals surface area contributed by atoms with Crippen LogP contribution in [0.2, 0.25) is 0 Å². The number of fused-ring (bicyclic) bond motifs is 1. The summed E-state index contributed by atoms with van der Waals surface area (Å²) in [6.07, 6.45) is 5.25. The standard InChI is InChI=1S/C12H11BrN2O/c1-2-5-16-15-8-9-7-14-12-4-3-10(13)6-11(9)12/h2-4,6-8,14H,1,5H2/b15-8-. The predicted octanol–water partition coefficient (Wildman–Crippen LogP) is 3.47. The van der Waals surface area contributed by atoms with Gasteiger partial charge in [0.15, 0.2) is 0 Å². The Bertz CT molecular complexity index is 531. The van der Waals surface area contributed by atoms with E-state index in [0.717, 1.165) is 20.9 Å². The minimum Gasteiger partial charge on any atom is -0.392 e. The molecular weight excluding hydrogens is 268 g/mol. The van der Waals surface area contributed by atoms with E-state index >= 15 is 0 Å². The zero-order valence-corrected chi connectivity index (χ0v) is 10.2. The molecule has 1 heterocycles. The lowest BCUT2D eigenvalue weighted by molar-refractivity contribution is 0.176. The van der Waals surface area contributed by atoms with Gasteiger partial charge in [0, 0.05) is 27.1 Å². The summed E-state index contributed by atoms with van der Waals surface area (Å²) < 4.78 is 1.04. The first-order valence-corrected chi connectivity index (χ1v) is 5.63. The maximum absolute atomic E-state index is 4.96. The Hall–Kier alpha value is -1.55. The van der Waals surface area contributed by atoms with Gasteiger partial charge in [0.2, 0.25) is 0 Å². The molecule has 0 atom stereocenters. The van der Waals surface area contributed by atoms with Crippen molar-refractivity contribution >= 4 is 33.0 Å². The molecular formula is C12H11BrN2O. The maximum Gasteiger partial charge on any atom is 0.135 e. The summed E-state index contributed by atoms with van der Waals surface area (Å²) in [7, 11) is 0. The molecule has 1 aromatic heterocycles. The summed E-state index contributed by atoms with van der Waals surface area (Å²) in [6.45, 7) is 3.96. The van der Waals surface area contributed by atoms with E-state index in [-0.39, 0.29) is 0 Å². The van der Waals surface area contributed by atoms with Crippen molar-refractivity contribution in [3.63, 3.8) is 0 Å². The molecule has 1 aromatic carbocycles. The molecule has 0 bridgehead atoms. The van der Waals surface area contributed by atoms with E-state index in [1.807, 2.05) is 24.4 Å². The quantitative estimate of drug-likeness (QED) is 0.395. The summed E-state index contributed by atoms with van der Waals surface area (Å²) >= 11 is 3.44. The van der Waals surface area contributed by atoms with Gasteiger partial charge in [-0.05, 0) is 18.2 Å². The highest BCUT2D eigenvalue weighted by Crippen LogP contribution is 2.21. The van der Waals surface area contributed by atoms with Gasteiger partial charge in [-0.3, -0.25) is 0 Å². The fourth-order valence-corrected chi connectivity index (χ4v) is 1.77. The van der Waals surface area contributed by atoms with Gasteiger partial charge < -0.3 is 9.82 Å². The van der Waals surface area contributed by atoms with Gasteiger partial charge in [-0.15, -0.1) is 0 Å². The van der Waals surface area contributed by atoms with E-state index in [4.69, 9.17) is 4.84 Å². The largest absolute Gasteiger partial charge is 0.392 e. The van der Waals surface area contributed by atoms with Crippen LogP contribution in [-0.4, -0.2) is 17.8 Å². The van der Waals surface area contributed by atoms with Crippen molar-refractivity contribution in [2.75, 3.05) is 6.61 Å². The van der Waals surface area contributed by atoms with Crippen molar-refractivity contribution in [1.82, 2.24) is 4.98 Å². The average Bonchev–Trinajstić information content (AvgIpc) is 2.67. The molecule has 2 aromatic rings. The lowest BCUT2D eigenvalue weighted by atomic mass is 10.2. The third-order valence-corrected chi connectivity index (χ3v) is 2.63. The Morgan fingerprint density at radius 2 is 2.38 bits per heavy atom. The van der Waals surface area contributed by atoms with E-state index in [9.17, 15) is 0 Å². The third kappa shape index (κ3) is 2.33. The lowest BCUT2D eigenvalue weighted by Gasteiger charge is -1.94. The van der Waals surface area contributed by atoms with Crippen LogP contribution in [0.4, 0.5) is 0 Å². The molecule has 0 saturated heterocycles. The van der Waals surface area contributed by atoms with Gasteiger partial charge in [0.1, 0.15) is 6.61 Å². The maximum atomic E-state index is 4.96. The van der Waals surface area contributed by atoms with Crippen LogP contribution in [0.15, 0.2) is 46.7 Å². The second-order valence-corrected chi connectivity index (χ2v) is 4.17. The zero-order chi connectivity index (χ0) is 11.4. The monoisotopic (exact) mass is 278 g/mol. The molecule has 1 N–H and O–H groups in total. The van der Waals surface area contributed by atoms with Crippen LogP contribution in [0.25, 0.3) is 10.9 Å². The molecule has 82 valence electrons. The van der Waals surface area contributed by atoms with E-state index in [1.165, 1.54) is 0 Å². The van der Waals surface area contributed by atoms with Gasteiger partial charge in [-0.2, -0.15) is 0 Å². The Kier molecular flexibility index (Phi) is 3.41. The normalized spacial score (nSPS) is 11.1. The number of benzene rings is 1. The van der Waals surface area contributed by atoms with Gasteiger partial charge in [-0.1, -0.05) is 33.7 Å². The highest BCUT2D eigenvalue weighted by atomic mass is 79.9. The molecule has 0 aliphatic carbocycles. The van der Waals surface area contributed by atoms with Crippen LogP contribution in [-0.2, 0) is 4.84 Å². The highest BCUT2D eigenvalue weighted by Gasteiger charge is 2.01. The summed E-state index contributed by atoms with van der Waals surface area (Å²) in [6, 6.07) is 6.05. The molecule has 0 aliphatic rings. The van der Waals surface area contributed by atoms with E-state index < -0.39 is 0 Å². The van der Waals surface area contributed by atoms with Crippen molar-refractivity contribution in [1.29, 1.82) is 0 Å². The molecule has 16 heavy (non-hydrogen) atoms. The van der Waals surface area contributed by atoms with Crippen molar-refractivity contribution in [2.45, 2.75) is 0 Å². The smallest absolute Gasteiger partial charge is 0.135 e. The fraction of sp³-hybridized carbons (Fsp3) is 0.0833. The number of halogens is 1. The molecule has 0 saturated carbocycles. The number of hydrogen-bond donors (Lipinski definition) is 1. The van der Waals surface area contributed by atoms with Gasteiger partial charge in [0.25, 0.3) is 0 Å². The predicted molar refractivity (Wildman–Crippen MR) is 69.7 cm³/mol. The van der Waals surface area contributed by atoms with Crippen molar-refractivity contribution in [3.8, 4) is 0 Å². The summed E-state index contributed by atoms with van der Waals surface area (Å²) in [4.78, 5) is 8.13. The number of aromatic nitrogens is 1. The van der Waals surface area contributed by atoms with Crippen LogP contribution < -0.4 is 0 Å². The molecule has 0 aliphatic heterocycles. The van der Waals surface area contributed by atoms with Crippen LogP contribution in [0.1, 0.15) is 5.56 Å². The minimum atomic E-state index is 0.419. The van der Waals surface area contributed by atoms with Crippen molar-refractivity contribution < 1.29 is 4.84 Å². The second kappa shape index (κ2) is 4.99. The molecule has 2 rings (SSSR count). The number of H-pyrrole nitrogens is 1. The number of hydrogen-bond acceptors (Lipinski definition) is 2. The Morgan fingerprint density at radius 3 is 3.19 bits per heavy atom. The second-order valence-electron chi connectivity index (χ2n) is 3.25. The van der Waals surface area contributed by atoms with Gasteiger partial charge >= 0.3 is 0 Å². The van der Waals surface area contributed by atoms with Crippen LogP contribution in [0.3, 0.4) is 0 Å². The molecule has 0 spiro atoms. The Balaban J connectivity index is 2.27. The first-order chi connectivity index (χ1) is 7.81. The summed E-state index contributed by atoms with van der Waals surface area (Å²) in [5.41, 5.74) is 2.08. The highest BCUT2D eigenvalue weighted by molar-refractivity contribution is 9.10. The average molecular weight is 279 g/mol. The first kappa shape index (κ1) is 11.0. The number of oxime groups is 1. The molecule has 0 radical (unpaired) electrons. The first-order valence-electron chi connectivity index (χ1n) is 4.84. The van der Waals surface area contributed by atoms with Crippen molar-refractivity contribution in [2.24, 2.45) is 5.16 Å². The molecule has 0 unspecified atom stereocenters. The topological polar surface area (TPSA) is 37.4 Å². The van der Waals surface area contributed by atoms with Crippen molar-refractivity contribution in [3.05, 3.63) is 47.1 Å². The fourth-order valence-electron chi connectivity index (χ4n) is 1.41. The SMILES string of the molecule is C=CCO/N=C\c1c[nH]c2ccc(Br)cc12. The zero-order valence-electron chi connectivity index (χ0n) is 8.61. The Labute approximate surface area is 102 Å². The number of nitrogens with zero attached hydrogens (tertiary/aromatic N) is 1. The van der Waals surface area contributed by atoms with Gasteiger partial charge in [-0.25, -0.2) is 0 Å². The van der Waals surface area contributed by atoms with Crippen LogP contribution in [0.5, 0.6) is 0 Å². The van der Waals surface area contributed by atoms with E-state index in [2.05, 4.69) is 32.6 Å². The van der Waals surface area contributed by atoms with E-state index in [0.29, 0.717) is 6.61 Å². The van der Waals surface area contributed by atoms with E-state index in [1.54, 1.807) is 12.3 Å². The van der Waals surface area contributed by atoms with Crippen LogP contribution >= 0.6 is 15.9 Å². The Morgan fingerprint density at radius 1 is 1.50 bits per heavy atom. The lowest BCUT2D eigenvalue weighted by Crippen LogP contribution is -1.83. The minimum absolute atomic E-state index is 0.419. The number of nitrogens with one attached hydrogen (secondary N) is 1. The summed E-state index contributed by atoms with van der Waals surface area (Å²) in [5, 5.41) is 4.96.